The van der Waals surface area contributed by atoms with Crippen LogP contribution in [0.1, 0.15) is 13.8 Å². The highest BCUT2D eigenvalue weighted by Gasteiger charge is 2.38. The van der Waals surface area contributed by atoms with E-state index in [2.05, 4.69) is 0 Å². The van der Waals surface area contributed by atoms with Crippen LogP contribution in [0.3, 0.4) is 0 Å². The van der Waals surface area contributed by atoms with Crippen molar-refractivity contribution >= 4 is 12.0 Å². The normalized spacial score (nSPS) is 20.1. The Bertz CT molecular complexity index is 388. The Labute approximate surface area is 106 Å². The maximum absolute atomic E-state index is 12.1. The number of nitrogens with zero attached hydrogens (tertiary/aromatic N) is 3. The summed E-state index contributed by atoms with van der Waals surface area (Å²) in [5, 5.41) is 17.8. The molecular formula is C11H17N3O4. The lowest BCUT2D eigenvalue weighted by Crippen LogP contribution is -2.57. The van der Waals surface area contributed by atoms with Crippen molar-refractivity contribution in [2.24, 2.45) is 0 Å². The lowest BCUT2D eigenvalue weighted by atomic mass is 10.0. The van der Waals surface area contributed by atoms with E-state index in [-0.39, 0.29) is 13.2 Å². The number of nitriles is 1. The Morgan fingerprint density at radius 1 is 1.56 bits per heavy atom. The molecule has 0 saturated carbocycles. The molecule has 1 saturated heterocycles. The fourth-order valence-electron chi connectivity index (χ4n) is 1.50. The number of carboxylic acids is 1. The number of rotatable bonds is 2. The second-order valence-corrected chi connectivity index (χ2v) is 4.64. The van der Waals surface area contributed by atoms with Gasteiger partial charge in [0, 0.05) is 13.6 Å². The van der Waals surface area contributed by atoms with Gasteiger partial charge in [0.25, 0.3) is 0 Å². The number of hydrogen-bond donors (Lipinski definition) is 1. The molecule has 0 spiro atoms. The summed E-state index contributed by atoms with van der Waals surface area (Å²) in [5.74, 6) is -1.08. The fraction of sp³-hybridized carbons (Fsp3) is 0.727. The van der Waals surface area contributed by atoms with Gasteiger partial charge < -0.3 is 19.6 Å². The lowest BCUT2D eigenvalue weighted by Gasteiger charge is -2.38. The van der Waals surface area contributed by atoms with Gasteiger partial charge in [-0.15, -0.1) is 0 Å². The van der Waals surface area contributed by atoms with Crippen molar-refractivity contribution in [3.05, 3.63) is 0 Å². The highest BCUT2D eigenvalue weighted by molar-refractivity contribution is 5.85. The summed E-state index contributed by atoms with van der Waals surface area (Å²) in [6.07, 6.45) is -0.649. The summed E-state index contributed by atoms with van der Waals surface area (Å²) in [6.45, 7) is 3.71. The second kappa shape index (κ2) is 5.23. The number of hydrogen-bond acceptors (Lipinski definition) is 4. The van der Waals surface area contributed by atoms with Crippen LogP contribution < -0.4 is 0 Å². The zero-order valence-electron chi connectivity index (χ0n) is 10.7. The Morgan fingerprint density at radius 2 is 2.17 bits per heavy atom. The number of likely N-dealkylation sites (N-methyl/N-ethyl adjacent to an activating group) is 1. The van der Waals surface area contributed by atoms with E-state index in [9.17, 15) is 9.59 Å². The molecule has 0 aromatic heterocycles. The van der Waals surface area contributed by atoms with Crippen LogP contribution in [-0.2, 0) is 9.53 Å². The van der Waals surface area contributed by atoms with Gasteiger partial charge in [-0.2, -0.15) is 5.26 Å². The van der Waals surface area contributed by atoms with E-state index in [0.29, 0.717) is 6.54 Å². The molecule has 0 bridgehead atoms. The van der Waals surface area contributed by atoms with E-state index < -0.39 is 23.6 Å². The van der Waals surface area contributed by atoms with Crippen LogP contribution in [0.25, 0.3) is 0 Å². The SMILES string of the molecule is CN(C(=O)N1CCOC(C#N)C1)C(C)(C)C(=O)O. The van der Waals surface area contributed by atoms with E-state index >= 15 is 0 Å². The maximum Gasteiger partial charge on any atom is 0.329 e. The van der Waals surface area contributed by atoms with Gasteiger partial charge in [-0.3, -0.25) is 0 Å². The maximum atomic E-state index is 12.1. The topological polar surface area (TPSA) is 93.9 Å². The van der Waals surface area contributed by atoms with E-state index in [4.69, 9.17) is 15.1 Å². The summed E-state index contributed by atoms with van der Waals surface area (Å²) < 4.78 is 5.13. The Hall–Kier alpha value is -1.81. The highest BCUT2D eigenvalue weighted by Crippen LogP contribution is 2.16. The third-order valence-corrected chi connectivity index (χ3v) is 3.13. The Kier molecular flexibility index (Phi) is 4.14. The third kappa shape index (κ3) is 2.71. The standard InChI is InChI=1S/C11H17N3O4/c1-11(2,9(15)16)13(3)10(17)14-4-5-18-8(6-12)7-14/h8H,4-5,7H2,1-3H3,(H,15,16). The largest absolute Gasteiger partial charge is 0.480 e. The van der Waals surface area contributed by atoms with Gasteiger partial charge >= 0.3 is 12.0 Å². The zero-order chi connectivity index (χ0) is 13.9. The zero-order valence-corrected chi connectivity index (χ0v) is 10.7. The van der Waals surface area contributed by atoms with Crippen LogP contribution in [0.2, 0.25) is 0 Å². The molecule has 7 heteroatoms. The first-order valence-electron chi connectivity index (χ1n) is 5.58. The molecule has 100 valence electrons. The minimum atomic E-state index is -1.29. The van der Waals surface area contributed by atoms with E-state index in [0.717, 1.165) is 4.90 Å². The van der Waals surface area contributed by atoms with Crippen LogP contribution in [0, 0.1) is 11.3 Å². The summed E-state index contributed by atoms with van der Waals surface area (Å²) in [4.78, 5) is 25.8. The predicted molar refractivity (Wildman–Crippen MR) is 61.8 cm³/mol. The quantitative estimate of drug-likeness (QED) is 0.756. The van der Waals surface area contributed by atoms with Gasteiger partial charge in [0.1, 0.15) is 5.54 Å². The van der Waals surface area contributed by atoms with Crippen molar-refractivity contribution in [2.75, 3.05) is 26.7 Å². The molecule has 1 aliphatic heterocycles. The molecule has 1 unspecified atom stereocenters. The molecule has 0 radical (unpaired) electrons. The highest BCUT2D eigenvalue weighted by atomic mass is 16.5. The molecule has 1 aliphatic rings. The minimum Gasteiger partial charge on any atom is -0.480 e. The van der Waals surface area contributed by atoms with Gasteiger partial charge in [-0.05, 0) is 13.8 Å². The van der Waals surface area contributed by atoms with E-state index in [1.165, 1.54) is 25.8 Å². The average Bonchev–Trinajstić information content (AvgIpc) is 2.36. The first-order chi connectivity index (χ1) is 8.30. The molecule has 1 heterocycles. The smallest absolute Gasteiger partial charge is 0.329 e. The minimum absolute atomic E-state index is 0.162. The first-order valence-corrected chi connectivity index (χ1v) is 5.58. The Balaban J connectivity index is 2.76. The van der Waals surface area contributed by atoms with E-state index in [1.54, 1.807) is 0 Å². The first kappa shape index (κ1) is 14.3. The molecule has 1 fully saturated rings. The van der Waals surface area contributed by atoms with Crippen molar-refractivity contribution in [1.29, 1.82) is 5.26 Å². The van der Waals surface area contributed by atoms with Gasteiger partial charge in [0.15, 0.2) is 6.10 Å². The third-order valence-electron chi connectivity index (χ3n) is 3.13. The number of morpholine rings is 1. The van der Waals surface area contributed by atoms with Crippen LogP contribution in [-0.4, -0.2) is 65.3 Å². The molecule has 1 atom stereocenters. The van der Waals surface area contributed by atoms with Crippen molar-refractivity contribution in [3.63, 3.8) is 0 Å². The number of urea groups is 1. The van der Waals surface area contributed by atoms with Gasteiger partial charge in [-0.1, -0.05) is 0 Å². The number of aliphatic carboxylic acids is 1. The van der Waals surface area contributed by atoms with Crippen LogP contribution in [0.4, 0.5) is 4.79 Å². The molecule has 7 nitrogen and oxygen atoms in total. The summed E-state index contributed by atoms with van der Waals surface area (Å²) in [5.41, 5.74) is -1.29. The molecule has 0 aromatic carbocycles. The monoisotopic (exact) mass is 255 g/mol. The second-order valence-electron chi connectivity index (χ2n) is 4.64. The van der Waals surface area contributed by atoms with Gasteiger partial charge in [0.05, 0.1) is 19.2 Å². The van der Waals surface area contributed by atoms with Crippen molar-refractivity contribution in [3.8, 4) is 6.07 Å². The molecule has 2 amide bonds. The summed E-state index contributed by atoms with van der Waals surface area (Å²) in [7, 11) is 1.44. The number of ether oxygens (including phenoxy) is 1. The molecule has 0 aliphatic carbocycles. The number of carbonyl (C=O) groups is 2. The number of carboxylic acid groups (broad SMARTS) is 1. The fourth-order valence-corrected chi connectivity index (χ4v) is 1.50. The molecule has 18 heavy (non-hydrogen) atoms. The van der Waals surface area contributed by atoms with Crippen molar-refractivity contribution in [2.45, 2.75) is 25.5 Å². The average molecular weight is 255 g/mol. The molecular weight excluding hydrogens is 238 g/mol. The van der Waals surface area contributed by atoms with Crippen LogP contribution in [0.5, 0.6) is 0 Å². The molecule has 1 N–H and O–H groups in total. The number of carbonyl (C=O) groups excluding carboxylic acids is 1. The lowest BCUT2D eigenvalue weighted by molar-refractivity contribution is -0.147. The van der Waals surface area contributed by atoms with Crippen molar-refractivity contribution < 1.29 is 19.4 Å². The summed E-state index contributed by atoms with van der Waals surface area (Å²) >= 11 is 0. The Morgan fingerprint density at radius 3 is 2.67 bits per heavy atom. The predicted octanol–water partition coefficient (Wildman–Crippen LogP) is 0.126. The van der Waals surface area contributed by atoms with Gasteiger partial charge in [-0.25, -0.2) is 9.59 Å². The summed E-state index contributed by atoms with van der Waals surface area (Å²) in [6, 6.07) is 1.53. The van der Waals surface area contributed by atoms with Crippen LogP contribution in [0.15, 0.2) is 0 Å². The van der Waals surface area contributed by atoms with E-state index in [1.807, 2.05) is 6.07 Å². The van der Waals surface area contributed by atoms with Crippen molar-refractivity contribution in [1.82, 2.24) is 9.80 Å². The molecule has 0 aromatic rings. The molecule has 1 rings (SSSR count). The van der Waals surface area contributed by atoms with Crippen LogP contribution >= 0.6 is 0 Å². The van der Waals surface area contributed by atoms with Gasteiger partial charge in [0.2, 0.25) is 0 Å². The number of amides is 2.